The highest BCUT2D eigenvalue weighted by atomic mass is 32.2. The number of carboxylic acids is 1. The van der Waals surface area contributed by atoms with Crippen LogP contribution in [0.15, 0.2) is 41.3 Å². The highest BCUT2D eigenvalue weighted by Crippen LogP contribution is 2.40. The third kappa shape index (κ3) is 5.64. The standard InChI is InChI=1S/C23H27F3N2O6S/c1-22(2)13-28(10-9-20(22)34-4)17-7-6-15(23(24,25)26)12-16(17)27-35(31,32)19-11-14(21(29)30)5-8-18(19)33-3/h5-8,11-12,20,27H,9-10,13H2,1-4H3,(H,29,30). The number of nitrogens with zero attached hydrogens (tertiary/aromatic N) is 1. The number of alkyl halides is 3. The average molecular weight is 517 g/mol. The van der Waals surface area contributed by atoms with E-state index in [2.05, 4.69) is 4.72 Å². The zero-order valence-electron chi connectivity index (χ0n) is 19.6. The maximum atomic E-state index is 13.5. The van der Waals surface area contributed by atoms with Gasteiger partial charge in [-0.25, -0.2) is 13.2 Å². The monoisotopic (exact) mass is 516 g/mol. The number of aromatic carboxylic acids is 1. The molecule has 1 fully saturated rings. The van der Waals surface area contributed by atoms with Crippen molar-refractivity contribution in [2.75, 3.05) is 36.9 Å². The fourth-order valence-corrected chi connectivity index (χ4v) is 5.53. The summed E-state index contributed by atoms with van der Waals surface area (Å²) in [5, 5.41) is 9.26. The lowest BCUT2D eigenvalue weighted by molar-refractivity contribution is -0.137. The predicted molar refractivity (Wildman–Crippen MR) is 124 cm³/mol. The Kier molecular flexibility index (Phi) is 7.28. The molecule has 1 heterocycles. The van der Waals surface area contributed by atoms with Crippen molar-refractivity contribution in [3.8, 4) is 5.75 Å². The number of nitrogens with one attached hydrogen (secondary N) is 1. The summed E-state index contributed by atoms with van der Waals surface area (Å²) in [6.07, 6.45) is -4.19. The molecule has 0 amide bonds. The van der Waals surface area contributed by atoms with Gasteiger partial charge in [0, 0.05) is 25.6 Å². The molecule has 1 aliphatic rings. The molecule has 1 aliphatic heterocycles. The summed E-state index contributed by atoms with van der Waals surface area (Å²) in [6.45, 7) is 4.76. The van der Waals surface area contributed by atoms with E-state index in [4.69, 9.17) is 9.47 Å². The van der Waals surface area contributed by atoms with Gasteiger partial charge in [-0.1, -0.05) is 13.8 Å². The number of piperidine rings is 1. The van der Waals surface area contributed by atoms with Gasteiger partial charge in [0.2, 0.25) is 0 Å². The van der Waals surface area contributed by atoms with Gasteiger partial charge in [-0.2, -0.15) is 13.2 Å². The molecule has 12 heteroatoms. The Hall–Kier alpha value is -2.99. The Balaban J connectivity index is 2.10. The van der Waals surface area contributed by atoms with Crippen LogP contribution in [0, 0.1) is 5.41 Å². The van der Waals surface area contributed by atoms with Crippen molar-refractivity contribution in [2.45, 2.75) is 37.4 Å². The number of ether oxygens (including phenoxy) is 2. The summed E-state index contributed by atoms with van der Waals surface area (Å²) in [5.41, 5.74) is -1.73. The van der Waals surface area contributed by atoms with Gasteiger partial charge in [0.15, 0.2) is 0 Å². The second-order valence-electron chi connectivity index (χ2n) is 8.93. The number of halogens is 3. The van der Waals surface area contributed by atoms with E-state index >= 15 is 0 Å². The summed E-state index contributed by atoms with van der Waals surface area (Å²) in [5.74, 6) is -1.52. The average Bonchev–Trinajstić information content (AvgIpc) is 2.77. The van der Waals surface area contributed by atoms with E-state index in [1.807, 2.05) is 13.8 Å². The first kappa shape index (κ1) is 26.6. The molecule has 0 bridgehead atoms. The molecule has 2 aromatic carbocycles. The number of hydrogen-bond donors (Lipinski definition) is 2. The first-order valence-corrected chi connectivity index (χ1v) is 12.1. The quantitative estimate of drug-likeness (QED) is 0.560. The molecule has 1 unspecified atom stereocenters. The third-order valence-electron chi connectivity index (χ3n) is 6.02. The first-order valence-electron chi connectivity index (χ1n) is 10.6. The van der Waals surface area contributed by atoms with Gasteiger partial charge in [0.1, 0.15) is 10.6 Å². The smallest absolute Gasteiger partial charge is 0.416 e. The zero-order valence-corrected chi connectivity index (χ0v) is 20.5. The second kappa shape index (κ2) is 9.57. The van der Waals surface area contributed by atoms with Crippen LogP contribution in [0.2, 0.25) is 0 Å². The highest BCUT2D eigenvalue weighted by molar-refractivity contribution is 7.92. The zero-order chi connectivity index (χ0) is 26.2. The number of hydrogen-bond acceptors (Lipinski definition) is 6. The fraction of sp³-hybridized carbons (Fsp3) is 0.435. The minimum absolute atomic E-state index is 0.0728. The molecule has 0 radical (unpaired) electrons. The van der Waals surface area contributed by atoms with Gasteiger partial charge in [-0.3, -0.25) is 4.72 Å². The summed E-state index contributed by atoms with van der Waals surface area (Å²) in [6, 6.07) is 6.09. The molecule has 8 nitrogen and oxygen atoms in total. The number of anilines is 2. The molecule has 35 heavy (non-hydrogen) atoms. The number of carbonyl (C=O) groups is 1. The summed E-state index contributed by atoms with van der Waals surface area (Å²) < 4.78 is 79.8. The molecule has 1 saturated heterocycles. The summed E-state index contributed by atoms with van der Waals surface area (Å²) in [4.78, 5) is 12.7. The van der Waals surface area contributed by atoms with E-state index in [1.54, 1.807) is 12.0 Å². The molecule has 2 N–H and O–H groups in total. The van der Waals surface area contributed by atoms with Crippen LogP contribution in [-0.2, 0) is 20.9 Å². The molecule has 0 aliphatic carbocycles. The topological polar surface area (TPSA) is 105 Å². The summed E-state index contributed by atoms with van der Waals surface area (Å²) in [7, 11) is -1.74. The lowest BCUT2D eigenvalue weighted by Crippen LogP contribution is -2.49. The Bertz CT molecular complexity index is 1210. The van der Waals surface area contributed by atoms with Crippen LogP contribution in [0.1, 0.15) is 36.2 Å². The van der Waals surface area contributed by atoms with Gasteiger partial charge >= 0.3 is 12.1 Å². The van der Waals surface area contributed by atoms with Crippen molar-refractivity contribution < 1.29 is 41.0 Å². The van der Waals surface area contributed by atoms with Crippen molar-refractivity contribution in [1.29, 1.82) is 0 Å². The largest absolute Gasteiger partial charge is 0.495 e. The minimum Gasteiger partial charge on any atom is -0.495 e. The Morgan fingerprint density at radius 1 is 1.17 bits per heavy atom. The van der Waals surface area contributed by atoms with Crippen LogP contribution < -0.4 is 14.4 Å². The fourth-order valence-electron chi connectivity index (χ4n) is 4.27. The molecule has 0 spiro atoms. The van der Waals surface area contributed by atoms with Crippen LogP contribution in [0.5, 0.6) is 5.75 Å². The lowest BCUT2D eigenvalue weighted by atomic mass is 9.81. The van der Waals surface area contributed by atoms with Crippen molar-refractivity contribution in [1.82, 2.24) is 0 Å². The Labute approximate surface area is 201 Å². The number of benzene rings is 2. The maximum Gasteiger partial charge on any atom is 0.416 e. The normalized spacial score (nSPS) is 18.3. The van der Waals surface area contributed by atoms with E-state index in [0.29, 0.717) is 19.5 Å². The van der Waals surface area contributed by atoms with E-state index in [9.17, 15) is 31.5 Å². The molecule has 0 saturated carbocycles. The third-order valence-corrected chi connectivity index (χ3v) is 7.41. The predicted octanol–water partition coefficient (Wildman–Crippen LogP) is 4.46. The molecule has 2 aromatic rings. The molecule has 1 atom stereocenters. The van der Waals surface area contributed by atoms with Crippen LogP contribution >= 0.6 is 0 Å². The molecule has 3 rings (SSSR count). The Morgan fingerprint density at radius 3 is 2.40 bits per heavy atom. The maximum absolute atomic E-state index is 13.5. The van der Waals surface area contributed by atoms with Crippen LogP contribution in [-0.4, -0.2) is 52.9 Å². The number of rotatable bonds is 7. The SMILES string of the molecule is COc1ccc(C(=O)O)cc1S(=O)(=O)Nc1cc(C(F)(F)F)ccc1N1CCC(OC)C(C)(C)C1. The van der Waals surface area contributed by atoms with Gasteiger partial charge in [0.05, 0.1) is 35.7 Å². The van der Waals surface area contributed by atoms with Crippen LogP contribution in [0.3, 0.4) is 0 Å². The van der Waals surface area contributed by atoms with Crippen molar-refractivity contribution >= 4 is 27.4 Å². The van der Waals surface area contributed by atoms with Crippen molar-refractivity contribution in [2.24, 2.45) is 5.41 Å². The van der Waals surface area contributed by atoms with E-state index in [-0.39, 0.29) is 34.2 Å². The number of methoxy groups -OCH3 is 2. The molecular formula is C23H27F3N2O6S. The minimum atomic E-state index is -4.71. The van der Waals surface area contributed by atoms with Crippen LogP contribution in [0.25, 0.3) is 0 Å². The number of sulfonamides is 1. The number of carboxylic acid groups (broad SMARTS) is 1. The first-order chi connectivity index (χ1) is 16.2. The molecule has 192 valence electrons. The van der Waals surface area contributed by atoms with E-state index in [0.717, 1.165) is 24.3 Å². The molecular weight excluding hydrogens is 489 g/mol. The van der Waals surface area contributed by atoms with Gasteiger partial charge in [-0.15, -0.1) is 0 Å². The van der Waals surface area contributed by atoms with Gasteiger partial charge < -0.3 is 19.5 Å². The van der Waals surface area contributed by atoms with Gasteiger partial charge in [-0.05, 0) is 42.8 Å². The second-order valence-corrected chi connectivity index (χ2v) is 10.6. The van der Waals surface area contributed by atoms with Crippen molar-refractivity contribution in [3.63, 3.8) is 0 Å². The van der Waals surface area contributed by atoms with Gasteiger partial charge in [0.25, 0.3) is 10.0 Å². The van der Waals surface area contributed by atoms with E-state index < -0.39 is 32.6 Å². The van der Waals surface area contributed by atoms with Crippen molar-refractivity contribution in [3.05, 3.63) is 47.5 Å². The lowest BCUT2D eigenvalue weighted by Gasteiger charge is -2.45. The van der Waals surface area contributed by atoms with E-state index in [1.165, 1.54) is 19.2 Å². The molecule has 0 aromatic heterocycles. The van der Waals surface area contributed by atoms with Crippen LogP contribution in [0.4, 0.5) is 24.5 Å². The highest BCUT2D eigenvalue weighted by Gasteiger charge is 2.38. The Morgan fingerprint density at radius 2 is 1.86 bits per heavy atom. The summed E-state index contributed by atoms with van der Waals surface area (Å²) >= 11 is 0.